The molecule has 0 fully saturated rings. The first-order valence-corrected chi connectivity index (χ1v) is 10.6. The van der Waals surface area contributed by atoms with Crippen LogP contribution in [0.1, 0.15) is 22.3 Å². The van der Waals surface area contributed by atoms with Crippen LogP contribution in [0.3, 0.4) is 0 Å². The Morgan fingerprint density at radius 1 is 0.812 bits per heavy atom. The fraction of sp³-hybridized carbons (Fsp3) is 0.185. The summed E-state index contributed by atoms with van der Waals surface area (Å²) in [6, 6.07) is 23.6. The third-order valence-electron chi connectivity index (χ3n) is 5.67. The van der Waals surface area contributed by atoms with Crippen molar-refractivity contribution in [1.29, 1.82) is 0 Å². The number of carbonyl (C=O) groups excluding carboxylic acids is 2. The molecule has 4 nitrogen and oxygen atoms in total. The average Bonchev–Trinajstić information content (AvgIpc) is 3.04. The maximum Gasteiger partial charge on any atom is 0.277 e. The molecule has 0 bridgehead atoms. The molecule has 1 aliphatic heterocycles. The van der Waals surface area contributed by atoms with Gasteiger partial charge in [-0.25, -0.2) is 4.39 Å². The highest BCUT2D eigenvalue weighted by Gasteiger charge is 2.40. The number of carbonyl (C=O) groups is 2. The van der Waals surface area contributed by atoms with Gasteiger partial charge in [0.1, 0.15) is 11.5 Å². The summed E-state index contributed by atoms with van der Waals surface area (Å²) in [5.41, 5.74) is 4.56. The van der Waals surface area contributed by atoms with Crippen molar-refractivity contribution in [2.75, 3.05) is 13.6 Å². The summed E-state index contributed by atoms with van der Waals surface area (Å²) in [4.78, 5) is 30.0. The average molecular weight is 429 g/mol. The third-order valence-corrected chi connectivity index (χ3v) is 5.67. The van der Waals surface area contributed by atoms with E-state index in [1.807, 2.05) is 73.5 Å². The van der Waals surface area contributed by atoms with Crippen LogP contribution in [0.2, 0.25) is 0 Å². The van der Waals surface area contributed by atoms with Gasteiger partial charge in [0.25, 0.3) is 11.8 Å². The van der Waals surface area contributed by atoms with Gasteiger partial charge >= 0.3 is 0 Å². The van der Waals surface area contributed by atoms with Crippen molar-refractivity contribution < 1.29 is 14.0 Å². The van der Waals surface area contributed by atoms with Crippen molar-refractivity contribution in [2.24, 2.45) is 0 Å². The Labute approximate surface area is 187 Å². The molecule has 162 valence electrons. The highest BCUT2D eigenvalue weighted by Crippen LogP contribution is 2.32. The van der Waals surface area contributed by atoms with Gasteiger partial charge in [-0.3, -0.25) is 14.5 Å². The van der Waals surface area contributed by atoms with Crippen LogP contribution in [-0.2, 0) is 22.6 Å². The molecular formula is C27H25FN2O2. The minimum atomic E-state index is -0.310. The Bertz CT molecular complexity index is 1150. The lowest BCUT2D eigenvalue weighted by Gasteiger charge is -2.21. The maximum absolute atomic E-state index is 13.4. The van der Waals surface area contributed by atoms with Gasteiger partial charge in [-0.1, -0.05) is 72.3 Å². The van der Waals surface area contributed by atoms with Crippen LogP contribution < -0.4 is 0 Å². The molecule has 0 radical (unpaired) electrons. The van der Waals surface area contributed by atoms with E-state index in [4.69, 9.17) is 0 Å². The van der Waals surface area contributed by atoms with Crippen LogP contribution in [0.4, 0.5) is 4.39 Å². The molecule has 0 saturated carbocycles. The van der Waals surface area contributed by atoms with Gasteiger partial charge in [-0.05, 0) is 42.2 Å². The van der Waals surface area contributed by atoms with Crippen molar-refractivity contribution >= 4 is 17.4 Å². The van der Waals surface area contributed by atoms with Gasteiger partial charge in [0.05, 0.1) is 5.57 Å². The topological polar surface area (TPSA) is 40.6 Å². The number of nitrogens with zero attached hydrogens (tertiary/aromatic N) is 2. The summed E-state index contributed by atoms with van der Waals surface area (Å²) in [6.45, 7) is 2.73. The smallest absolute Gasteiger partial charge is 0.277 e. The van der Waals surface area contributed by atoms with E-state index in [-0.39, 0.29) is 24.2 Å². The molecule has 0 saturated heterocycles. The Morgan fingerprint density at radius 2 is 1.47 bits per heavy atom. The maximum atomic E-state index is 13.4. The summed E-state index contributed by atoms with van der Waals surface area (Å²) in [7, 11) is 1.84. The molecule has 0 atom stereocenters. The molecule has 0 aliphatic carbocycles. The number of aryl methyl sites for hydroxylation is 1. The highest BCUT2D eigenvalue weighted by molar-refractivity contribution is 6.35. The highest BCUT2D eigenvalue weighted by atomic mass is 19.1. The van der Waals surface area contributed by atoms with Gasteiger partial charge in [0, 0.05) is 20.1 Å². The zero-order valence-electron chi connectivity index (χ0n) is 18.2. The lowest BCUT2D eigenvalue weighted by atomic mass is 10.0. The summed E-state index contributed by atoms with van der Waals surface area (Å²) in [6.07, 6.45) is 0.467. The van der Waals surface area contributed by atoms with E-state index in [1.165, 1.54) is 17.0 Å². The summed E-state index contributed by atoms with van der Waals surface area (Å²) < 4.78 is 13.2. The lowest BCUT2D eigenvalue weighted by molar-refractivity contribution is -0.137. The molecule has 2 amide bonds. The van der Waals surface area contributed by atoms with Crippen molar-refractivity contribution in [3.63, 3.8) is 0 Å². The predicted octanol–water partition coefficient (Wildman–Crippen LogP) is 4.59. The van der Waals surface area contributed by atoms with Gasteiger partial charge in [0.2, 0.25) is 0 Å². The minimum absolute atomic E-state index is 0.237. The molecule has 32 heavy (non-hydrogen) atoms. The fourth-order valence-electron chi connectivity index (χ4n) is 3.93. The second-order valence-corrected chi connectivity index (χ2v) is 8.07. The van der Waals surface area contributed by atoms with Crippen molar-refractivity contribution in [3.05, 3.63) is 113 Å². The molecule has 0 N–H and O–H groups in total. The zero-order valence-corrected chi connectivity index (χ0v) is 18.2. The lowest BCUT2D eigenvalue weighted by Crippen LogP contribution is -2.35. The Morgan fingerprint density at radius 3 is 2.12 bits per heavy atom. The quantitative estimate of drug-likeness (QED) is 0.517. The van der Waals surface area contributed by atoms with Crippen LogP contribution in [0.5, 0.6) is 0 Å². The molecule has 1 aliphatic rings. The number of likely N-dealkylation sites (N-methyl/N-ethyl adjacent to an activating group) is 1. The standard InChI is InChI=1S/C27H25FN2O2/c1-19-8-12-22(13-9-19)24-25(29(2)18-21-6-4-3-5-7-21)27(32)30(26(24)31)17-16-20-10-14-23(28)15-11-20/h3-15H,16-18H2,1-2H3. The van der Waals surface area contributed by atoms with Gasteiger partial charge in [-0.2, -0.15) is 0 Å². The Hall–Kier alpha value is -3.73. The molecule has 3 aromatic rings. The van der Waals surface area contributed by atoms with E-state index in [0.29, 0.717) is 24.2 Å². The van der Waals surface area contributed by atoms with E-state index in [2.05, 4.69) is 0 Å². The van der Waals surface area contributed by atoms with Crippen LogP contribution in [0.15, 0.2) is 84.6 Å². The number of imide groups is 1. The summed E-state index contributed by atoms with van der Waals surface area (Å²) in [5, 5.41) is 0. The normalized spacial score (nSPS) is 13.8. The Kier molecular flexibility index (Phi) is 6.17. The molecule has 3 aromatic carbocycles. The van der Waals surface area contributed by atoms with E-state index < -0.39 is 0 Å². The van der Waals surface area contributed by atoms with Crippen molar-refractivity contribution in [3.8, 4) is 0 Å². The summed E-state index contributed by atoms with van der Waals surface area (Å²) >= 11 is 0. The van der Waals surface area contributed by atoms with Crippen LogP contribution in [0.25, 0.3) is 5.57 Å². The predicted molar refractivity (Wildman–Crippen MR) is 123 cm³/mol. The van der Waals surface area contributed by atoms with Gasteiger partial charge in [-0.15, -0.1) is 0 Å². The summed E-state index contributed by atoms with van der Waals surface area (Å²) in [5.74, 6) is -0.905. The monoisotopic (exact) mass is 428 g/mol. The fourth-order valence-corrected chi connectivity index (χ4v) is 3.93. The molecule has 0 aromatic heterocycles. The van der Waals surface area contributed by atoms with E-state index in [0.717, 1.165) is 22.3 Å². The van der Waals surface area contributed by atoms with E-state index in [1.54, 1.807) is 12.1 Å². The zero-order chi connectivity index (χ0) is 22.7. The molecule has 0 unspecified atom stereocenters. The third kappa shape index (κ3) is 4.47. The number of amides is 2. The number of hydrogen-bond donors (Lipinski definition) is 0. The van der Waals surface area contributed by atoms with Crippen LogP contribution in [0, 0.1) is 12.7 Å². The number of rotatable bonds is 7. The first-order valence-electron chi connectivity index (χ1n) is 10.6. The largest absolute Gasteiger partial charge is 0.365 e. The number of halogens is 1. The van der Waals surface area contributed by atoms with Crippen molar-refractivity contribution in [2.45, 2.75) is 19.9 Å². The molecule has 5 heteroatoms. The minimum Gasteiger partial charge on any atom is -0.365 e. The molecular weight excluding hydrogens is 403 g/mol. The van der Waals surface area contributed by atoms with Crippen molar-refractivity contribution in [1.82, 2.24) is 9.80 Å². The second kappa shape index (κ2) is 9.18. The molecule has 0 spiro atoms. The van der Waals surface area contributed by atoms with E-state index in [9.17, 15) is 14.0 Å². The first kappa shape index (κ1) is 21.5. The SMILES string of the molecule is Cc1ccc(C2=C(N(C)Cc3ccccc3)C(=O)N(CCc3ccc(F)cc3)C2=O)cc1. The Balaban J connectivity index is 1.64. The second-order valence-electron chi connectivity index (χ2n) is 8.07. The van der Waals surface area contributed by atoms with Crippen LogP contribution >= 0.6 is 0 Å². The molecule has 4 rings (SSSR count). The molecule has 1 heterocycles. The number of hydrogen-bond acceptors (Lipinski definition) is 3. The van der Waals surface area contributed by atoms with E-state index >= 15 is 0 Å². The first-order chi connectivity index (χ1) is 15.4. The van der Waals surface area contributed by atoms with Gasteiger partial charge < -0.3 is 4.90 Å². The van der Waals surface area contributed by atoms with Gasteiger partial charge in [0.15, 0.2) is 0 Å². The number of benzene rings is 3. The van der Waals surface area contributed by atoms with Crippen LogP contribution in [-0.4, -0.2) is 35.2 Å².